The summed E-state index contributed by atoms with van der Waals surface area (Å²) in [5.74, 6) is -1.01. The number of nitrogens with two attached hydrogens (primary N) is 1. The van der Waals surface area contributed by atoms with Gasteiger partial charge >= 0.3 is 5.97 Å². The summed E-state index contributed by atoms with van der Waals surface area (Å²) in [6.45, 7) is 0. The van der Waals surface area contributed by atoms with E-state index in [0.29, 0.717) is 5.69 Å². The Morgan fingerprint density at radius 2 is 2.18 bits per heavy atom. The molecule has 2 aromatic rings. The number of hydrogen-bond donors (Lipinski definition) is 2. The Morgan fingerprint density at radius 3 is 2.82 bits per heavy atom. The minimum absolute atomic E-state index is 0.247. The van der Waals surface area contributed by atoms with Crippen LogP contribution in [0.15, 0.2) is 29.9 Å². The topological polar surface area (TPSA) is 89.1 Å². The van der Waals surface area contributed by atoms with Crippen molar-refractivity contribution in [1.82, 2.24) is 9.97 Å². The van der Waals surface area contributed by atoms with Crippen molar-refractivity contribution < 1.29 is 9.90 Å². The zero-order valence-electron chi connectivity index (χ0n) is 8.91. The number of thiazole rings is 1. The van der Waals surface area contributed by atoms with Gasteiger partial charge in [-0.1, -0.05) is 0 Å². The Morgan fingerprint density at radius 1 is 1.47 bits per heavy atom. The maximum atomic E-state index is 10.6. The normalized spacial score (nSPS) is 12.3. The summed E-state index contributed by atoms with van der Waals surface area (Å²) < 4.78 is 0. The van der Waals surface area contributed by atoms with Gasteiger partial charge in [-0.15, -0.1) is 11.3 Å². The van der Waals surface area contributed by atoms with Gasteiger partial charge in [0, 0.05) is 29.8 Å². The number of carboxylic acid groups (broad SMARTS) is 1. The van der Waals surface area contributed by atoms with Crippen LogP contribution in [0.2, 0.25) is 0 Å². The third kappa shape index (κ3) is 2.86. The highest BCUT2D eigenvalue weighted by Crippen LogP contribution is 2.23. The average Bonchev–Trinajstić information content (AvgIpc) is 2.78. The van der Waals surface area contributed by atoms with Crippen LogP contribution in [0.3, 0.4) is 0 Å². The quantitative estimate of drug-likeness (QED) is 0.848. The van der Waals surface area contributed by atoms with Gasteiger partial charge in [-0.2, -0.15) is 0 Å². The molecule has 0 aliphatic carbocycles. The van der Waals surface area contributed by atoms with E-state index in [1.807, 2.05) is 17.5 Å². The van der Waals surface area contributed by atoms with E-state index < -0.39 is 12.0 Å². The second kappa shape index (κ2) is 5.03. The summed E-state index contributed by atoms with van der Waals surface area (Å²) in [5, 5.41) is 11.4. The molecular weight excluding hydrogens is 238 g/mol. The van der Waals surface area contributed by atoms with Crippen molar-refractivity contribution in [2.45, 2.75) is 12.5 Å². The molecule has 1 unspecified atom stereocenters. The zero-order valence-corrected chi connectivity index (χ0v) is 9.72. The summed E-state index contributed by atoms with van der Waals surface area (Å²) in [6, 6.07) is 2.82. The van der Waals surface area contributed by atoms with Crippen LogP contribution in [0.5, 0.6) is 0 Å². The number of aliphatic carboxylic acids is 1. The van der Waals surface area contributed by atoms with Crippen LogP contribution in [-0.2, 0) is 11.2 Å². The highest BCUT2D eigenvalue weighted by atomic mass is 32.1. The van der Waals surface area contributed by atoms with Crippen molar-refractivity contribution in [3.8, 4) is 10.6 Å². The molecule has 2 aromatic heterocycles. The fourth-order valence-electron chi connectivity index (χ4n) is 1.34. The molecule has 0 aliphatic rings. The van der Waals surface area contributed by atoms with Crippen molar-refractivity contribution in [2.24, 2.45) is 5.73 Å². The first-order chi connectivity index (χ1) is 8.16. The number of pyridine rings is 1. The van der Waals surface area contributed by atoms with Gasteiger partial charge in [-0.25, -0.2) is 4.98 Å². The maximum Gasteiger partial charge on any atom is 0.320 e. The van der Waals surface area contributed by atoms with Gasteiger partial charge in [0.15, 0.2) is 0 Å². The zero-order chi connectivity index (χ0) is 12.3. The SMILES string of the molecule is NC(Cc1csc(-c2ccncc2)n1)C(=O)O. The number of carbonyl (C=O) groups is 1. The van der Waals surface area contributed by atoms with Gasteiger partial charge in [-0.3, -0.25) is 9.78 Å². The molecule has 0 radical (unpaired) electrons. The largest absolute Gasteiger partial charge is 0.480 e. The number of hydrogen-bond acceptors (Lipinski definition) is 5. The predicted octanol–water partition coefficient (Wildman–Crippen LogP) is 1.16. The third-order valence-corrected chi connectivity index (χ3v) is 3.17. The molecule has 0 bridgehead atoms. The monoisotopic (exact) mass is 249 g/mol. The Kier molecular flexibility index (Phi) is 3.46. The molecule has 0 aliphatic heterocycles. The highest BCUT2D eigenvalue weighted by Gasteiger charge is 2.14. The predicted molar refractivity (Wildman–Crippen MR) is 64.7 cm³/mol. The summed E-state index contributed by atoms with van der Waals surface area (Å²) in [6.07, 6.45) is 3.63. The number of carboxylic acids is 1. The van der Waals surface area contributed by atoms with Crippen molar-refractivity contribution in [2.75, 3.05) is 0 Å². The van der Waals surface area contributed by atoms with Crippen LogP contribution < -0.4 is 5.73 Å². The third-order valence-electron chi connectivity index (χ3n) is 2.23. The minimum atomic E-state index is -1.01. The fourth-order valence-corrected chi connectivity index (χ4v) is 2.18. The lowest BCUT2D eigenvalue weighted by Gasteiger charge is -2.02. The summed E-state index contributed by atoms with van der Waals surface area (Å²) in [7, 11) is 0. The van der Waals surface area contributed by atoms with Crippen LogP contribution in [0.1, 0.15) is 5.69 Å². The first kappa shape index (κ1) is 11.7. The molecule has 1 atom stereocenters. The molecule has 0 amide bonds. The molecule has 0 aromatic carbocycles. The molecule has 2 heterocycles. The van der Waals surface area contributed by atoms with Crippen LogP contribution >= 0.6 is 11.3 Å². The molecule has 5 nitrogen and oxygen atoms in total. The van der Waals surface area contributed by atoms with Crippen molar-refractivity contribution in [1.29, 1.82) is 0 Å². The Balaban J connectivity index is 2.14. The number of rotatable bonds is 4. The van der Waals surface area contributed by atoms with Crippen molar-refractivity contribution in [3.05, 3.63) is 35.6 Å². The van der Waals surface area contributed by atoms with Gasteiger partial charge in [0.1, 0.15) is 11.0 Å². The average molecular weight is 249 g/mol. The molecule has 0 saturated heterocycles. The van der Waals surface area contributed by atoms with Gasteiger partial charge in [0.25, 0.3) is 0 Å². The number of aromatic nitrogens is 2. The Labute approximate surface area is 102 Å². The smallest absolute Gasteiger partial charge is 0.320 e. The Bertz CT molecular complexity index is 512. The summed E-state index contributed by atoms with van der Waals surface area (Å²) >= 11 is 1.47. The minimum Gasteiger partial charge on any atom is -0.480 e. The van der Waals surface area contributed by atoms with Crippen LogP contribution in [0, 0.1) is 0 Å². The first-order valence-electron chi connectivity index (χ1n) is 5.00. The molecule has 88 valence electrons. The van der Waals surface area contributed by atoms with E-state index in [1.54, 1.807) is 12.4 Å². The maximum absolute atomic E-state index is 10.6. The van der Waals surface area contributed by atoms with Gasteiger partial charge in [-0.05, 0) is 12.1 Å². The summed E-state index contributed by atoms with van der Waals surface area (Å²) in [5.41, 5.74) is 7.13. The van der Waals surface area contributed by atoms with E-state index in [4.69, 9.17) is 10.8 Å². The van der Waals surface area contributed by atoms with Crippen LogP contribution in [0.25, 0.3) is 10.6 Å². The second-order valence-corrected chi connectivity index (χ2v) is 4.39. The molecule has 6 heteroatoms. The lowest BCUT2D eigenvalue weighted by atomic mass is 10.2. The van der Waals surface area contributed by atoms with Gasteiger partial charge < -0.3 is 10.8 Å². The standard InChI is InChI=1S/C11H11N3O2S/c12-9(11(15)16)5-8-6-17-10(14-8)7-1-3-13-4-2-7/h1-4,6,9H,5,12H2,(H,15,16). The highest BCUT2D eigenvalue weighted by molar-refractivity contribution is 7.13. The molecule has 0 saturated carbocycles. The van der Waals surface area contributed by atoms with Crippen molar-refractivity contribution in [3.63, 3.8) is 0 Å². The molecular formula is C11H11N3O2S. The van der Waals surface area contributed by atoms with Gasteiger partial charge in [0.05, 0.1) is 5.69 Å². The van der Waals surface area contributed by atoms with Crippen LogP contribution in [0.4, 0.5) is 0 Å². The summed E-state index contributed by atoms with van der Waals surface area (Å²) in [4.78, 5) is 18.9. The van der Waals surface area contributed by atoms with E-state index in [-0.39, 0.29) is 6.42 Å². The first-order valence-corrected chi connectivity index (χ1v) is 5.88. The lowest BCUT2D eigenvalue weighted by Crippen LogP contribution is -2.32. The van der Waals surface area contributed by atoms with E-state index in [1.165, 1.54) is 11.3 Å². The van der Waals surface area contributed by atoms with E-state index >= 15 is 0 Å². The van der Waals surface area contributed by atoms with E-state index in [0.717, 1.165) is 10.6 Å². The molecule has 0 spiro atoms. The van der Waals surface area contributed by atoms with Crippen molar-refractivity contribution >= 4 is 17.3 Å². The fraction of sp³-hybridized carbons (Fsp3) is 0.182. The van der Waals surface area contributed by atoms with Gasteiger partial charge in [0.2, 0.25) is 0 Å². The van der Waals surface area contributed by atoms with Crippen LogP contribution in [-0.4, -0.2) is 27.1 Å². The Hall–Kier alpha value is -1.79. The molecule has 3 N–H and O–H groups in total. The van der Waals surface area contributed by atoms with E-state index in [9.17, 15) is 4.79 Å². The molecule has 0 fully saturated rings. The molecule has 17 heavy (non-hydrogen) atoms. The molecule has 2 rings (SSSR count). The van der Waals surface area contributed by atoms with E-state index in [2.05, 4.69) is 9.97 Å². The number of nitrogens with zero attached hydrogens (tertiary/aromatic N) is 2. The lowest BCUT2D eigenvalue weighted by molar-refractivity contribution is -0.138. The second-order valence-electron chi connectivity index (χ2n) is 3.53.